The molecule has 3 atom stereocenters. The van der Waals surface area contributed by atoms with Gasteiger partial charge in [-0.1, -0.05) is 17.3 Å². The number of aliphatic hydroxyl groups excluding tert-OH is 1. The molecule has 194 valence electrons. The van der Waals surface area contributed by atoms with E-state index in [2.05, 4.69) is 16.2 Å². The summed E-state index contributed by atoms with van der Waals surface area (Å²) in [5.41, 5.74) is 3.48. The van der Waals surface area contributed by atoms with Crippen LogP contribution in [0.2, 0.25) is 0 Å². The first-order valence-corrected chi connectivity index (χ1v) is 12.8. The monoisotopic (exact) mass is 512 g/mol. The van der Waals surface area contributed by atoms with Gasteiger partial charge in [-0.3, -0.25) is 4.79 Å². The van der Waals surface area contributed by atoms with Gasteiger partial charge >= 0.3 is 0 Å². The number of carbonyl (C=O) groups is 1. The molecule has 0 unspecified atom stereocenters. The number of nitrogens with zero attached hydrogens (tertiary/aromatic N) is 8. The maximum atomic E-state index is 13.9. The van der Waals surface area contributed by atoms with Crippen LogP contribution in [0, 0.1) is 31.1 Å². The van der Waals surface area contributed by atoms with Crippen molar-refractivity contribution in [2.45, 2.75) is 45.3 Å². The summed E-state index contributed by atoms with van der Waals surface area (Å²) in [6.07, 6.45) is 3.92. The van der Waals surface area contributed by atoms with Crippen molar-refractivity contribution >= 4 is 17.4 Å². The number of nitriles is 1. The fourth-order valence-corrected chi connectivity index (χ4v) is 5.49. The molecule has 0 radical (unpaired) electrons. The number of likely N-dealkylation sites (tertiary alicyclic amines) is 1. The van der Waals surface area contributed by atoms with E-state index in [1.807, 2.05) is 47.2 Å². The molecule has 11 nitrogen and oxygen atoms in total. The standard InChI is InChI=1S/C27H28N8O3/c1-16-13-35-24(30-25(16)33-14-18(12-28)23(36)15-33)11-21(31-35)22-9-5-6-10-34(22)27(37)20-8-4-3-7-19(20)26-29-17(2)32-38-26/h3-4,7-8,11,13,18,22-23,36H,5-6,9-10,14-15H2,1-2H3/t18-,22+,23+/m1/s1. The lowest BCUT2D eigenvalue weighted by Gasteiger charge is -2.35. The Hall–Kier alpha value is -4.30. The van der Waals surface area contributed by atoms with Gasteiger partial charge in [0, 0.05) is 37.5 Å². The maximum Gasteiger partial charge on any atom is 0.258 e. The third-order valence-electron chi connectivity index (χ3n) is 7.40. The lowest BCUT2D eigenvalue weighted by Crippen LogP contribution is -2.39. The molecule has 1 aromatic carbocycles. The molecule has 2 fully saturated rings. The third kappa shape index (κ3) is 4.16. The molecule has 1 N–H and O–H groups in total. The van der Waals surface area contributed by atoms with Crippen LogP contribution in [0.5, 0.6) is 0 Å². The van der Waals surface area contributed by atoms with E-state index in [1.54, 1.807) is 17.5 Å². The predicted molar refractivity (Wildman–Crippen MR) is 137 cm³/mol. The molecule has 11 heteroatoms. The number of rotatable bonds is 4. The van der Waals surface area contributed by atoms with Crippen LogP contribution in [0.25, 0.3) is 17.1 Å². The van der Waals surface area contributed by atoms with Crippen molar-refractivity contribution < 1.29 is 14.4 Å². The Morgan fingerprint density at radius 2 is 2.03 bits per heavy atom. The largest absolute Gasteiger partial charge is 0.390 e. The third-order valence-corrected chi connectivity index (χ3v) is 7.40. The summed E-state index contributed by atoms with van der Waals surface area (Å²) in [6.45, 7) is 5.12. The molecular weight excluding hydrogens is 484 g/mol. The number of benzene rings is 1. The van der Waals surface area contributed by atoms with Gasteiger partial charge in [-0.15, -0.1) is 0 Å². The number of aromatic nitrogens is 5. The number of hydrogen-bond donors (Lipinski definition) is 1. The zero-order valence-electron chi connectivity index (χ0n) is 21.3. The van der Waals surface area contributed by atoms with Crippen molar-refractivity contribution in [2.24, 2.45) is 5.92 Å². The average Bonchev–Trinajstić information content (AvgIpc) is 3.65. The summed E-state index contributed by atoms with van der Waals surface area (Å²) in [6, 6.07) is 11.2. The van der Waals surface area contributed by atoms with Crippen molar-refractivity contribution in [3.8, 4) is 17.5 Å². The van der Waals surface area contributed by atoms with Crippen molar-refractivity contribution in [1.29, 1.82) is 5.26 Å². The molecule has 0 spiro atoms. The summed E-state index contributed by atoms with van der Waals surface area (Å²) in [7, 11) is 0. The Morgan fingerprint density at radius 1 is 1.18 bits per heavy atom. The van der Waals surface area contributed by atoms with Crippen LogP contribution in [0.4, 0.5) is 5.82 Å². The van der Waals surface area contributed by atoms with Crippen LogP contribution in [0.15, 0.2) is 41.1 Å². The molecule has 2 saturated heterocycles. The summed E-state index contributed by atoms with van der Waals surface area (Å²) in [4.78, 5) is 26.9. The zero-order chi connectivity index (χ0) is 26.4. The van der Waals surface area contributed by atoms with Crippen molar-refractivity contribution in [2.75, 3.05) is 24.5 Å². The number of aryl methyl sites for hydroxylation is 2. The molecule has 2 aliphatic heterocycles. The Balaban J connectivity index is 1.33. The first-order chi connectivity index (χ1) is 18.4. The van der Waals surface area contributed by atoms with E-state index in [0.717, 1.165) is 36.3 Å². The molecule has 0 bridgehead atoms. The lowest BCUT2D eigenvalue weighted by atomic mass is 9.97. The highest BCUT2D eigenvalue weighted by Gasteiger charge is 2.34. The highest BCUT2D eigenvalue weighted by Crippen LogP contribution is 2.34. The van der Waals surface area contributed by atoms with E-state index < -0.39 is 12.0 Å². The van der Waals surface area contributed by atoms with Gasteiger partial charge < -0.3 is 19.4 Å². The molecule has 2 aliphatic rings. The van der Waals surface area contributed by atoms with E-state index in [-0.39, 0.29) is 11.9 Å². The molecule has 38 heavy (non-hydrogen) atoms. The van der Waals surface area contributed by atoms with Crippen LogP contribution < -0.4 is 4.90 Å². The minimum absolute atomic E-state index is 0.100. The second kappa shape index (κ2) is 9.54. The van der Waals surface area contributed by atoms with Crippen molar-refractivity contribution in [3.05, 3.63) is 59.2 Å². The minimum Gasteiger partial charge on any atom is -0.390 e. The quantitative estimate of drug-likeness (QED) is 0.437. The molecule has 1 amide bonds. The van der Waals surface area contributed by atoms with Gasteiger partial charge in [0.25, 0.3) is 11.8 Å². The van der Waals surface area contributed by atoms with E-state index in [0.29, 0.717) is 48.1 Å². The summed E-state index contributed by atoms with van der Waals surface area (Å²) >= 11 is 0. The van der Waals surface area contributed by atoms with E-state index in [4.69, 9.17) is 14.6 Å². The Bertz CT molecular complexity index is 1550. The molecule has 4 aromatic rings. The zero-order valence-corrected chi connectivity index (χ0v) is 21.3. The number of aliphatic hydroxyl groups is 1. The highest BCUT2D eigenvalue weighted by molar-refractivity contribution is 6.00. The van der Waals surface area contributed by atoms with Gasteiger partial charge in [-0.05, 0) is 45.2 Å². The topological polar surface area (TPSA) is 137 Å². The van der Waals surface area contributed by atoms with Crippen LogP contribution in [0.3, 0.4) is 0 Å². The highest BCUT2D eigenvalue weighted by atomic mass is 16.5. The maximum absolute atomic E-state index is 13.9. The van der Waals surface area contributed by atoms with Crippen LogP contribution in [-0.4, -0.2) is 66.4 Å². The number of hydrogen-bond acceptors (Lipinski definition) is 9. The number of amides is 1. The first-order valence-electron chi connectivity index (χ1n) is 12.8. The molecule has 0 aliphatic carbocycles. The number of β-amino-alcohol motifs (C(OH)–C–C–N with tert-alkyl or cyclic N) is 1. The number of fused-ring (bicyclic) bond motifs is 1. The molecular formula is C27H28N8O3. The Labute approximate surface area is 219 Å². The number of anilines is 1. The number of carbonyl (C=O) groups excluding carboxylic acids is 1. The van der Waals surface area contributed by atoms with Crippen LogP contribution >= 0.6 is 0 Å². The van der Waals surface area contributed by atoms with Crippen LogP contribution in [0.1, 0.15) is 52.7 Å². The normalized spacial score (nSPS) is 21.7. The fourth-order valence-electron chi connectivity index (χ4n) is 5.49. The Kier molecular flexibility index (Phi) is 6.04. The second-order valence-corrected chi connectivity index (χ2v) is 10.0. The second-order valence-electron chi connectivity index (χ2n) is 10.0. The van der Waals surface area contributed by atoms with Gasteiger partial charge in [0.05, 0.1) is 41.0 Å². The van der Waals surface area contributed by atoms with E-state index >= 15 is 0 Å². The van der Waals surface area contributed by atoms with Crippen molar-refractivity contribution in [3.63, 3.8) is 0 Å². The molecule has 5 heterocycles. The molecule has 6 rings (SSSR count). The first kappa shape index (κ1) is 24.1. The SMILES string of the molecule is Cc1noc(-c2ccccc2C(=O)N2CCCC[C@H]2c2cc3nc(N4C[C@@H](C#N)[C@@H](O)C4)c(C)cn3n2)n1. The summed E-state index contributed by atoms with van der Waals surface area (Å²) in [5, 5.41) is 28.2. The van der Waals surface area contributed by atoms with Gasteiger partial charge in [0.1, 0.15) is 5.82 Å². The summed E-state index contributed by atoms with van der Waals surface area (Å²) in [5.74, 6) is 1.04. The number of piperidine rings is 1. The summed E-state index contributed by atoms with van der Waals surface area (Å²) < 4.78 is 7.12. The molecule has 0 saturated carbocycles. The van der Waals surface area contributed by atoms with Gasteiger partial charge in [-0.2, -0.15) is 15.3 Å². The van der Waals surface area contributed by atoms with Gasteiger partial charge in [0.15, 0.2) is 11.5 Å². The van der Waals surface area contributed by atoms with Gasteiger partial charge in [0.2, 0.25) is 0 Å². The lowest BCUT2D eigenvalue weighted by molar-refractivity contribution is 0.0606. The minimum atomic E-state index is -0.696. The average molecular weight is 513 g/mol. The van der Waals surface area contributed by atoms with E-state index in [1.165, 1.54) is 0 Å². The smallest absolute Gasteiger partial charge is 0.258 e. The van der Waals surface area contributed by atoms with Crippen LogP contribution in [-0.2, 0) is 0 Å². The van der Waals surface area contributed by atoms with Crippen molar-refractivity contribution in [1.82, 2.24) is 29.6 Å². The fraction of sp³-hybridized carbons (Fsp3) is 0.407. The van der Waals surface area contributed by atoms with E-state index in [9.17, 15) is 15.2 Å². The van der Waals surface area contributed by atoms with Gasteiger partial charge in [-0.25, -0.2) is 9.50 Å². The molecule has 3 aromatic heterocycles. The Morgan fingerprint density at radius 3 is 2.79 bits per heavy atom. The predicted octanol–water partition coefficient (Wildman–Crippen LogP) is 3.08.